The molecule has 88 valence electrons. The third kappa shape index (κ3) is 2.66. The highest BCUT2D eigenvalue weighted by atomic mass is 16.4. The second-order valence-corrected chi connectivity index (χ2v) is 4.23. The van der Waals surface area contributed by atoms with Crippen LogP contribution >= 0.6 is 0 Å². The summed E-state index contributed by atoms with van der Waals surface area (Å²) in [6, 6.07) is 6.67. The van der Waals surface area contributed by atoms with Crippen LogP contribution < -0.4 is 10.6 Å². The van der Waals surface area contributed by atoms with E-state index in [2.05, 4.69) is 0 Å². The quantitative estimate of drug-likeness (QED) is 0.762. The molecule has 1 rings (SSSR count). The van der Waals surface area contributed by atoms with E-state index in [4.69, 9.17) is 10.8 Å². The maximum absolute atomic E-state index is 11.2. The number of nitrogens with zero attached hydrogens (tertiary/aromatic N) is 1. The number of likely N-dealkylation sites (N-methyl/N-ethyl adjacent to an activating group) is 1. The van der Waals surface area contributed by atoms with Crippen LogP contribution in [0.25, 0.3) is 0 Å². The standard InChI is InChI=1S/C12H18N2O2/c1-8(2)11(12(15)16)14(3)10-6-4-9(13)5-7-10/h4-8,11H,13H2,1-3H3,(H,15,16). The number of nitrogen functional groups attached to an aromatic ring is 1. The summed E-state index contributed by atoms with van der Waals surface area (Å²) in [5.41, 5.74) is 7.12. The lowest BCUT2D eigenvalue weighted by Crippen LogP contribution is -2.42. The third-order valence-electron chi connectivity index (χ3n) is 2.60. The van der Waals surface area contributed by atoms with Crippen molar-refractivity contribution in [3.8, 4) is 0 Å². The summed E-state index contributed by atoms with van der Waals surface area (Å²) in [6.07, 6.45) is 0. The molecule has 1 aromatic rings. The number of carboxylic acids is 1. The normalized spacial score (nSPS) is 12.5. The van der Waals surface area contributed by atoms with Crippen LogP contribution in [-0.4, -0.2) is 24.2 Å². The zero-order valence-electron chi connectivity index (χ0n) is 9.84. The lowest BCUT2D eigenvalue weighted by atomic mass is 10.0. The Hall–Kier alpha value is -1.71. The Morgan fingerprint density at radius 2 is 1.81 bits per heavy atom. The summed E-state index contributed by atoms with van der Waals surface area (Å²) in [5.74, 6) is -0.769. The molecule has 0 saturated carbocycles. The highest BCUT2D eigenvalue weighted by molar-refractivity contribution is 5.78. The predicted molar refractivity (Wildman–Crippen MR) is 65.5 cm³/mol. The topological polar surface area (TPSA) is 66.6 Å². The van der Waals surface area contributed by atoms with E-state index in [9.17, 15) is 4.79 Å². The van der Waals surface area contributed by atoms with Gasteiger partial charge in [-0.1, -0.05) is 13.8 Å². The van der Waals surface area contributed by atoms with E-state index in [1.165, 1.54) is 0 Å². The molecule has 4 heteroatoms. The molecule has 3 N–H and O–H groups in total. The van der Waals surface area contributed by atoms with E-state index in [1.807, 2.05) is 26.0 Å². The molecule has 0 aromatic heterocycles. The number of rotatable bonds is 4. The van der Waals surface area contributed by atoms with Crippen molar-refractivity contribution in [1.82, 2.24) is 0 Å². The molecule has 0 amide bonds. The Kier molecular flexibility index (Phi) is 3.77. The van der Waals surface area contributed by atoms with Crippen molar-refractivity contribution >= 4 is 17.3 Å². The Morgan fingerprint density at radius 1 is 1.31 bits per heavy atom. The summed E-state index contributed by atoms with van der Waals surface area (Å²) in [7, 11) is 1.78. The summed E-state index contributed by atoms with van der Waals surface area (Å²) < 4.78 is 0. The third-order valence-corrected chi connectivity index (χ3v) is 2.60. The minimum absolute atomic E-state index is 0.0417. The first-order valence-electron chi connectivity index (χ1n) is 5.24. The van der Waals surface area contributed by atoms with Crippen molar-refractivity contribution in [2.75, 3.05) is 17.7 Å². The maximum Gasteiger partial charge on any atom is 0.326 e. The number of hydrogen-bond donors (Lipinski definition) is 2. The van der Waals surface area contributed by atoms with E-state index in [0.29, 0.717) is 5.69 Å². The molecule has 0 aliphatic carbocycles. The fourth-order valence-corrected chi connectivity index (χ4v) is 1.77. The summed E-state index contributed by atoms with van der Waals surface area (Å²) >= 11 is 0. The predicted octanol–water partition coefficient (Wildman–Crippen LogP) is 1.81. The average molecular weight is 222 g/mol. The van der Waals surface area contributed by atoms with Gasteiger partial charge in [0.1, 0.15) is 6.04 Å². The van der Waals surface area contributed by atoms with Gasteiger partial charge >= 0.3 is 5.97 Å². The van der Waals surface area contributed by atoms with Crippen LogP contribution in [0.3, 0.4) is 0 Å². The Balaban J connectivity index is 2.94. The second-order valence-electron chi connectivity index (χ2n) is 4.23. The van der Waals surface area contributed by atoms with Crippen LogP contribution in [0, 0.1) is 5.92 Å². The number of nitrogens with two attached hydrogens (primary N) is 1. The second kappa shape index (κ2) is 4.88. The molecule has 0 bridgehead atoms. The number of aliphatic carboxylic acids is 1. The van der Waals surface area contributed by atoms with Crippen molar-refractivity contribution in [2.24, 2.45) is 5.92 Å². The van der Waals surface area contributed by atoms with Crippen LogP contribution in [0.5, 0.6) is 0 Å². The molecule has 0 radical (unpaired) electrons. The van der Waals surface area contributed by atoms with Crippen LogP contribution in [-0.2, 0) is 4.79 Å². The molecular weight excluding hydrogens is 204 g/mol. The van der Waals surface area contributed by atoms with Crippen molar-refractivity contribution in [3.63, 3.8) is 0 Å². The van der Waals surface area contributed by atoms with Gasteiger partial charge < -0.3 is 15.7 Å². The van der Waals surface area contributed by atoms with E-state index in [0.717, 1.165) is 5.69 Å². The maximum atomic E-state index is 11.2. The molecule has 4 nitrogen and oxygen atoms in total. The Morgan fingerprint density at radius 3 is 2.19 bits per heavy atom. The fraction of sp³-hybridized carbons (Fsp3) is 0.417. The molecule has 0 aliphatic heterocycles. The average Bonchev–Trinajstić information content (AvgIpc) is 2.17. The van der Waals surface area contributed by atoms with Gasteiger partial charge in [-0.05, 0) is 30.2 Å². The number of hydrogen-bond acceptors (Lipinski definition) is 3. The molecule has 0 fully saturated rings. The summed E-state index contributed by atoms with van der Waals surface area (Å²) in [4.78, 5) is 12.9. The van der Waals surface area contributed by atoms with Gasteiger partial charge in [0.15, 0.2) is 0 Å². The number of carbonyl (C=O) groups is 1. The van der Waals surface area contributed by atoms with Crippen molar-refractivity contribution < 1.29 is 9.90 Å². The van der Waals surface area contributed by atoms with Crippen LogP contribution in [0.15, 0.2) is 24.3 Å². The molecule has 0 saturated heterocycles. The zero-order valence-corrected chi connectivity index (χ0v) is 9.84. The first kappa shape index (κ1) is 12.4. The van der Waals surface area contributed by atoms with Gasteiger partial charge in [0.2, 0.25) is 0 Å². The largest absolute Gasteiger partial charge is 0.480 e. The van der Waals surface area contributed by atoms with Crippen LogP contribution in [0.2, 0.25) is 0 Å². The molecule has 16 heavy (non-hydrogen) atoms. The van der Waals surface area contributed by atoms with E-state index in [-0.39, 0.29) is 5.92 Å². The van der Waals surface area contributed by atoms with Gasteiger partial charge in [-0.15, -0.1) is 0 Å². The van der Waals surface area contributed by atoms with E-state index >= 15 is 0 Å². The minimum atomic E-state index is -0.811. The molecule has 0 aliphatic rings. The molecule has 1 aromatic carbocycles. The minimum Gasteiger partial charge on any atom is -0.480 e. The molecule has 1 atom stereocenters. The molecule has 1 unspecified atom stereocenters. The number of benzene rings is 1. The molecule has 0 spiro atoms. The van der Waals surface area contributed by atoms with Gasteiger partial charge in [0.05, 0.1) is 0 Å². The summed E-state index contributed by atoms with van der Waals surface area (Å²) in [6.45, 7) is 3.79. The first-order chi connectivity index (χ1) is 7.43. The lowest BCUT2D eigenvalue weighted by Gasteiger charge is -2.29. The lowest BCUT2D eigenvalue weighted by molar-refractivity contribution is -0.139. The first-order valence-corrected chi connectivity index (χ1v) is 5.24. The highest BCUT2D eigenvalue weighted by Crippen LogP contribution is 2.20. The van der Waals surface area contributed by atoms with Gasteiger partial charge in [-0.3, -0.25) is 0 Å². The zero-order chi connectivity index (χ0) is 12.3. The number of carboxylic acid groups (broad SMARTS) is 1. The van der Waals surface area contributed by atoms with E-state index in [1.54, 1.807) is 24.1 Å². The monoisotopic (exact) mass is 222 g/mol. The fourth-order valence-electron chi connectivity index (χ4n) is 1.77. The number of anilines is 2. The smallest absolute Gasteiger partial charge is 0.326 e. The summed E-state index contributed by atoms with van der Waals surface area (Å²) in [5, 5.41) is 9.16. The molecular formula is C12H18N2O2. The SMILES string of the molecule is CC(C)C(C(=O)O)N(C)c1ccc(N)cc1. The highest BCUT2D eigenvalue weighted by Gasteiger charge is 2.26. The Bertz CT molecular complexity index is 360. The molecule has 0 heterocycles. The van der Waals surface area contributed by atoms with E-state index < -0.39 is 12.0 Å². The van der Waals surface area contributed by atoms with Crippen molar-refractivity contribution in [1.29, 1.82) is 0 Å². The van der Waals surface area contributed by atoms with Crippen LogP contribution in [0.4, 0.5) is 11.4 Å². The van der Waals surface area contributed by atoms with Gasteiger partial charge in [0.25, 0.3) is 0 Å². The van der Waals surface area contributed by atoms with Gasteiger partial charge in [-0.25, -0.2) is 4.79 Å². The van der Waals surface area contributed by atoms with Crippen LogP contribution in [0.1, 0.15) is 13.8 Å². The van der Waals surface area contributed by atoms with Crippen molar-refractivity contribution in [3.05, 3.63) is 24.3 Å². The van der Waals surface area contributed by atoms with Crippen molar-refractivity contribution in [2.45, 2.75) is 19.9 Å². The van der Waals surface area contributed by atoms with Gasteiger partial charge in [-0.2, -0.15) is 0 Å². The Labute approximate surface area is 95.7 Å². The van der Waals surface area contributed by atoms with Gasteiger partial charge in [0, 0.05) is 18.4 Å².